The molecule has 0 saturated carbocycles. The fraction of sp³-hybridized carbons (Fsp3) is 0.0909. The molecule has 0 amide bonds. The first-order valence-electron chi connectivity index (χ1n) is 4.76. The Morgan fingerprint density at radius 3 is 2.39 bits per heavy atom. The van der Waals surface area contributed by atoms with E-state index in [-0.39, 0.29) is 17.2 Å². The highest BCUT2D eigenvalue weighted by Gasteiger charge is 2.30. The van der Waals surface area contributed by atoms with Crippen molar-refractivity contribution < 1.29 is 27.2 Å². The molecule has 94 valence electrons. The summed E-state index contributed by atoms with van der Waals surface area (Å²) in [5.74, 6) is -0.0444. The van der Waals surface area contributed by atoms with Crippen LogP contribution in [-0.4, -0.2) is 17.8 Å². The Bertz CT molecular complexity index is 545. The maximum Gasteiger partial charge on any atom is 0.573 e. The zero-order valence-electron chi connectivity index (χ0n) is 8.77. The molecule has 1 heterocycles. The van der Waals surface area contributed by atoms with E-state index in [1.807, 2.05) is 0 Å². The van der Waals surface area contributed by atoms with Crippen LogP contribution in [0.4, 0.5) is 13.2 Å². The van der Waals surface area contributed by atoms with E-state index in [0.717, 1.165) is 12.1 Å². The standard InChI is InChI=1S/C11H6F3NO3/c12-11(13,14)17-9-3-1-7(2-4-9)10-5-8(6-16)15-18-10/h1-6H. The van der Waals surface area contributed by atoms with Gasteiger partial charge in [0.2, 0.25) is 0 Å². The normalized spacial score (nSPS) is 11.3. The monoisotopic (exact) mass is 257 g/mol. The highest BCUT2D eigenvalue weighted by atomic mass is 19.4. The van der Waals surface area contributed by atoms with E-state index in [0.29, 0.717) is 11.8 Å². The lowest BCUT2D eigenvalue weighted by Gasteiger charge is -2.08. The molecule has 0 aliphatic rings. The van der Waals surface area contributed by atoms with Gasteiger partial charge in [0, 0.05) is 11.6 Å². The number of alkyl halides is 3. The zero-order chi connectivity index (χ0) is 13.2. The van der Waals surface area contributed by atoms with Crippen molar-refractivity contribution in [2.24, 2.45) is 0 Å². The van der Waals surface area contributed by atoms with Crippen molar-refractivity contribution in [2.45, 2.75) is 6.36 Å². The summed E-state index contributed by atoms with van der Waals surface area (Å²) in [7, 11) is 0. The summed E-state index contributed by atoms with van der Waals surface area (Å²) in [5.41, 5.74) is 0.603. The number of aldehydes is 1. The molecule has 2 rings (SSSR count). The van der Waals surface area contributed by atoms with Gasteiger partial charge in [-0.05, 0) is 24.3 Å². The van der Waals surface area contributed by atoms with Gasteiger partial charge in [-0.3, -0.25) is 4.79 Å². The summed E-state index contributed by atoms with van der Waals surface area (Å²) in [6, 6.07) is 6.41. The van der Waals surface area contributed by atoms with Crippen molar-refractivity contribution in [3.63, 3.8) is 0 Å². The number of aromatic nitrogens is 1. The fourth-order valence-electron chi connectivity index (χ4n) is 1.30. The van der Waals surface area contributed by atoms with Gasteiger partial charge in [-0.25, -0.2) is 0 Å². The summed E-state index contributed by atoms with van der Waals surface area (Å²) in [4.78, 5) is 10.4. The van der Waals surface area contributed by atoms with Crippen molar-refractivity contribution in [1.82, 2.24) is 5.16 Å². The number of hydrogen-bond acceptors (Lipinski definition) is 4. The van der Waals surface area contributed by atoms with E-state index < -0.39 is 6.36 Å². The third kappa shape index (κ3) is 2.88. The molecule has 1 aromatic carbocycles. The lowest BCUT2D eigenvalue weighted by molar-refractivity contribution is -0.274. The number of ether oxygens (including phenoxy) is 1. The van der Waals surface area contributed by atoms with Crippen LogP contribution in [0.2, 0.25) is 0 Å². The molecule has 7 heteroatoms. The van der Waals surface area contributed by atoms with Crippen LogP contribution in [0.25, 0.3) is 11.3 Å². The molecule has 0 unspecified atom stereocenters. The topological polar surface area (TPSA) is 52.3 Å². The lowest BCUT2D eigenvalue weighted by atomic mass is 10.1. The average Bonchev–Trinajstić information content (AvgIpc) is 2.76. The Hall–Kier alpha value is -2.31. The minimum absolute atomic E-state index is 0.112. The van der Waals surface area contributed by atoms with Crippen molar-refractivity contribution in [1.29, 1.82) is 0 Å². The average molecular weight is 257 g/mol. The summed E-state index contributed by atoms with van der Waals surface area (Å²) in [6.07, 6.45) is -4.22. The fourth-order valence-corrected chi connectivity index (χ4v) is 1.30. The van der Waals surface area contributed by atoms with Crippen molar-refractivity contribution in [3.8, 4) is 17.1 Å². The van der Waals surface area contributed by atoms with Gasteiger partial charge >= 0.3 is 6.36 Å². The van der Waals surface area contributed by atoms with E-state index in [1.165, 1.54) is 18.2 Å². The molecule has 1 aromatic heterocycles. The molecular formula is C11H6F3NO3. The summed E-state index contributed by atoms with van der Waals surface area (Å²) in [5, 5.41) is 3.44. The molecule has 18 heavy (non-hydrogen) atoms. The zero-order valence-corrected chi connectivity index (χ0v) is 8.77. The van der Waals surface area contributed by atoms with Crippen molar-refractivity contribution in [2.75, 3.05) is 0 Å². The summed E-state index contributed by atoms with van der Waals surface area (Å²) < 4.78 is 44.3. The van der Waals surface area contributed by atoms with E-state index in [4.69, 9.17) is 4.52 Å². The predicted molar refractivity (Wildman–Crippen MR) is 54.0 cm³/mol. The second-order valence-corrected chi connectivity index (χ2v) is 3.31. The van der Waals surface area contributed by atoms with Gasteiger partial charge < -0.3 is 9.26 Å². The van der Waals surface area contributed by atoms with Crippen LogP contribution in [0, 0.1) is 0 Å². The first kappa shape index (κ1) is 12.2. The first-order chi connectivity index (χ1) is 8.48. The number of carbonyl (C=O) groups is 1. The maximum atomic E-state index is 11.9. The third-order valence-electron chi connectivity index (χ3n) is 2.02. The predicted octanol–water partition coefficient (Wildman–Crippen LogP) is 3.05. The van der Waals surface area contributed by atoms with Crippen LogP contribution in [0.3, 0.4) is 0 Å². The quantitative estimate of drug-likeness (QED) is 0.793. The number of nitrogens with zero attached hydrogens (tertiary/aromatic N) is 1. The Balaban J connectivity index is 2.19. The van der Waals surface area contributed by atoms with Gasteiger partial charge in [-0.2, -0.15) is 0 Å². The van der Waals surface area contributed by atoms with Crippen LogP contribution in [0.5, 0.6) is 5.75 Å². The Labute approximate surface area is 99.0 Å². The van der Waals surface area contributed by atoms with Gasteiger partial charge in [0.25, 0.3) is 0 Å². The second-order valence-electron chi connectivity index (χ2n) is 3.31. The van der Waals surface area contributed by atoms with Crippen molar-refractivity contribution in [3.05, 3.63) is 36.0 Å². The second kappa shape index (κ2) is 4.52. The highest BCUT2D eigenvalue weighted by molar-refractivity contribution is 5.74. The lowest BCUT2D eigenvalue weighted by Crippen LogP contribution is -2.16. The van der Waals surface area contributed by atoms with Crippen LogP contribution < -0.4 is 4.74 Å². The number of carbonyl (C=O) groups excluding carboxylic acids is 1. The number of benzene rings is 1. The smallest absolute Gasteiger partial charge is 0.406 e. The molecule has 0 spiro atoms. The molecule has 0 bridgehead atoms. The van der Waals surface area contributed by atoms with Crippen LogP contribution in [0.15, 0.2) is 34.9 Å². The molecule has 2 aromatic rings. The molecule has 4 nitrogen and oxygen atoms in total. The summed E-state index contributed by atoms with van der Waals surface area (Å²) in [6.45, 7) is 0. The highest BCUT2D eigenvalue weighted by Crippen LogP contribution is 2.26. The van der Waals surface area contributed by atoms with Gasteiger partial charge in [0.05, 0.1) is 0 Å². The van der Waals surface area contributed by atoms with Crippen molar-refractivity contribution >= 4 is 6.29 Å². The van der Waals surface area contributed by atoms with Crippen LogP contribution >= 0.6 is 0 Å². The van der Waals surface area contributed by atoms with Gasteiger partial charge in [-0.1, -0.05) is 5.16 Å². The van der Waals surface area contributed by atoms with Gasteiger partial charge in [0.15, 0.2) is 12.0 Å². The molecular weight excluding hydrogens is 251 g/mol. The minimum Gasteiger partial charge on any atom is -0.406 e. The van der Waals surface area contributed by atoms with Gasteiger partial charge in [-0.15, -0.1) is 13.2 Å². The number of halogens is 3. The van der Waals surface area contributed by atoms with E-state index >= 15 is 0 Å². The van der Waals surface area contributed by atoms with Crippen LogP contribution in [-0.2, 0) is 0 Å². The van der Waals surface area contributed by atoms with Crippen LogP contribution in [0.1, 0.15) is 10.5 Å². The maximum absolute atomic E-state index is 11.9. The Morgan fingerprint density at radius 1 is 1.22 bits per heavy atom. The molecule has 0 N–H and O–H groups in total. The molecule has 0 aliphatic carbocycles. The molecule has 0 saturated heterocycles. The third-order valence-corrected chi connectivity index (χ3v) is 2.02. The largest absolute Gasteiger partial charge is 0.573 e. The molecule has 0 aliphatic heterocycles. The van der Waals surface area contributed by atoms with E-state index in [9.17, 15) is 18.0 Å². The van der Waals surface area contributed by atoms with E-state index in [2.05, 4.69) is 9.89 Å². The Kier molecular flexibility index (Phi) is 3.05. The first-order valence-corrected chi connectivity index (χ1v) is 4.76. The number of rotatable bonds is 3. The molecule has 0 radical (unpaired) electrons. The molecule has 0 atom stereocenters. The Morgan fingerprint density at radius 2 is 1.89 bits per heavy atom. The van der Waals surface area contributed by atoms with E-state index in [1.54, 1.807) is 0 Å². The number of hydrogen-bond donors (Lipinski definition) is 0. The minimum atomic E-state index is -4.72. The summed E-state index contributed by atoms with van der Waals surface area (Å²) >= 11 is 0. The van der Waals surface area contributed by atoms with Gasteiger partial charge in [0.1, 0.15) is 11.4 Å². The SMILES string of the molecule is O=Cc1cc(-c2ccc(OC(F)(F)F)cc2)on1. The molecule has 0 fully saturated rings.